The number of rotatable bonds is 3. The topological polar surface area (TPSA) is 30.9 Å². The summed E-state index contributed by atoms with van der Waals surface area (Å²) in [6.07, 6.45) is 7.03. The van der Waals surface area contributed by atoms with Crippen molar-refractivity contribution < 1.29 is 0 Å². The smallest absolute Gasteiger partial charge is 0.193 e. The zero-order chi connectivity index (χ0) is 14.0. The van der Waals surface area contributed by atoms with Gasteiger partial charge in [0.05, 0.1) is 0 Å². The van der Waals surface area contributed by atoms with Crippen LogP contribution in [0.15, 0.2) is 4.99 Å². The van der Waals surface area contributed by atoms with E-state index >= 15 is 0 Å². The lowest BCUT2D eigenvalue weighted by Gasteiger charge is -2.38. The van der Waals surface area contributed by atoms with E-state index in [1.807, 2.05) is 7.05 Å². The first-order valence-electron chi connectivity index (χ1n) is 8.43. The highest BCUT2D eigenvalue weighted by Crippen LogP contribution is 2.47. The van der Waals surface area contributed by atoms with Gasteiger partial charge in [-0.05, 0) is 50.1 Å². The second kappa shape index (κ2) is 5.92. The summed E-state index contributed by atoms with van der Waals surface area (Å²) in [7, 11) is 1.93. The summed E-state index contributed by atoms with van der Waals surface area (Å²) >= 11 is 0. The first kappa shape index (κ1) is 14.2. The van der Waals surface area contributed by atoms with Crippen molar-refractivity contribution in [2.45, 2.75) is 39.0 Å². The molecule has 4 nitrogen and oxygen atoms in total. The van der Waals surface area contributed by atoms with Gasteiger partial charge in [0, 0.05) is 33.2 Å². The summed E-state index contributed by atoms with van der Waals surface area (Å²) in [4.78, 5) is 9.55. The van der Waals surface area contributed by atoms with Gasteiger partial charge in [0.25, 0.3) is 0 Å². The molecule has 1 unspecified atom stereocenters. The maximum absolute atomic E-state index is 4.51. The first-order chi connectivity index (χ1) is 9.74. The van der Waals surface area contributed by atoms with Crippen LogP contribution in [0.1, 0.15) is 39.0 Å². The molecule has 0 aromatic rings. The lowest BCUT2D eigenvalue weighted by Crippen LogP contribution is -2.44. The molecule has 3 aliphatic rings. The van der Waals surface area contributed by atoms with Crippen molar-refractivity contribution in [3.05, 3.63) is 0 Å². The molecule has 0 radical (unpaired) electrons. The number of nitrogens with one attached hydrogen (secondary N) is 1. The molecule has 20 heavy (non-hydrogen) atoms. The Morgan fingerprint density at radius 1 is 1.30 bits per heavy atom. The summed E-state index contributed by atoms with van der Waals surface area (Å²) in [5.41, 5.74) is 0.657. The van der Waals surface area contributed by atoms with Gasteiger partial charge in [0.2, 0.25) is 0 Å². The summed E-state index contributed by atoms with van der Waals surface area (Å²) in [6.45, 7) is 9.51. The van der Waals surface area contributed by atoms with E-state index in [1.54, 1.807) is 0 Å². The Morgan fingerprint density at radius 2 is 2.15 bits per heavy atom. The standard InChI is InChI=1S/C16H30N4/c1-3-19-9-5-14(12-19)11-18-15(17-2)20-10-8-16(13-20)6-4-7-16/h14H,3-13H2,1-2H3,(H,17,18). The van der Waals surface area contributed by atoms with Crippen molar-refractivity contribution in [2.24, 2.45) is 16.3 Å². The third kappa shape index (κ3) is 2.80. The normalized spacial score (nSPS) is 30.0. The van der Waals surface area contributed by atoms with Crippen molar-refractivity contribution in [1.82, 2.24) is 15.1 Å². The van der Waals surface area contributed by atoms with Crippen molar-refractivity contribution in [2.75, 3.05) is 46.3 Å². The molecule has 1 saturated carbocycles. The molecule has 3 rings (SSSR count). The fraction of sp³-hybridized carbons (Fsp3) is 0.938. The Morgan fingerprint density at radius 3 is 2.70 bits per heavy atom. The molecule has 0 amide bonds. The van der Waals surface area contributed by atoms with Gasteiger partial charge in [-0.25, -0.2) is 0 Å². The highest BCUT2D eigenvalue weighted by atomic mass is 15.3. The van der Waals surface area contributed by atoms with Gasteiger partial charge in [0.1, 0.15) is 0 Å². The second-order valence-electron chi connectivity index (χ2n) is 7.00. The SMILES string of the molecule is CCN1CCC(CNC(=NC)N2CCC3(CCC3)C2)C1. The van der Waals surface area contributed by atoms with Crippen LogP contribution in [-0.4, -0.2) is 62.1 Å². The number of hydrogen-bond donors (Lipinski definition) is 1. The van der Waals surface area contributed by atoms with E-state index in [0.29, 0.717) is 5.41 Å². The number of nitrogens with zero attached hydrogens (tertiary/aromatic N) is 3. The fourth-order valence-corrected chi connectivity index (χ4v) is 4.14. The van der Waals surface area contributed by atoms with E-state index in [9.17, 15) is 0 Å². The molecule has 2 aliphatic heterocycles. The number of likely N-dealkylation sites (tertiary alicyclic amines) is 2. The highest BCUT2D eigenvalue weighted by molar-refractivity contribution is 5.80. The Balaban J connectivity index is 1.46. The zero-order valence-electron chi connectivity index (χ0n) is 13.2. The summed E-state index contributed by atoms with van der Waals surface area (Å²) in [5.74, 6) is 1.94. The molecular weight excluding hydrogens is 248 g/mol. The molecule has 1 spiro atoms. The number of guanidine groups is 1. The van der Waals surface area contributed by atoms with Crippen LogP contribution < -0.4 is 5.32 Å². The maximum atomic E-state index is 4.51. The van der Waals surface area contributed by atoms with Crippen LogP contribution in [0.5, 0.6) is 0 Å². The average molecular weight is 278 g/mol. The largest absolute Gasteiger partial charge is 0.356 e. The minimum atomic E-state index is 0.657. The minimum Gasteiger partial charge on any atom is -0.356 e. The average Bonchev–Trinajstić information content (AvgIpc) is 3.05. The molecule has 1 aliphatic carbocycles. The van der Waals surface area contributed by atoms with Gasteiger partial charge in [0.15, 0.2) is 5.96 Å². The van der Waals surface area contributed by atoms with Crippen LogP contribution in [0, 0.1) is 11.3 Å². The quantitative estimate of drug-likeness (QED) is 0.630. The monoisotopic (exact) mass is 278 g/mol. The van der Waals surface area contributed by atoms with E-state index in [0.717, 1.165) is 18.4 Å². The van der Waals surface area contributed by atoms with Gasteiger partial charge in [-0.1, -0.05) is 13.3 Å². The van der Waals surface area contributed by atoms with Crippen LogP contribution in [0.2, 0.25) is 0 Å². The zero-order valence-corrected chi connectivity index (χ0v) is 13.2. The highest BCUT2D eigenvalue weighted by Gasteiger charge is 2.43. The van der Waals surface area contributed by atoms with E-state index in [4.69, 9.17) is 0 Å². The van der Waals surface area contributed by atoms with Crippen molar-refractivity contribution in [3.8, 4) is 0 Å². The Bertz CT molecular complexity index is 361. The third-order valence-corrected chi connectivity index (χ3v) is 5.73. The molecule has 114 valence electrons. The Labute approximate surface area is 123 Å². The minimum absolute atomic E-state index is 0.657. The summed E-state index contributed by atoms with van der Waals surface area (Å²) < 4.78 is 0. The van der Waals surface area contributed by atoms with Crippen LogP contribution in [-0.2, 0) is 0 Å². The van der Waals surface area contributed by atoms with Gasteiger partial charge in [-0.15, -0.1) is 0 Å². The predicted octanol–water partition coefficient (Wildman–Crippen LogP) is 1.78. The van der Waals surface area contributed by atoms with Gasteiger partial charge in [-0.3, -0.25) is 4.99 Å². The van der Waals surface area contributed by atoms with E-state index in [2.05, 4.69) is 27.0 Å². The molecule has 2 heterocycles. The second-order valence-corrected chi connectivity index (χ2v) is 7.00. The van der Waals surface area contributed by atoms with Crippen molar-refractivity contribution in [1.29, 1.82) is 0 Å². The first-order valence-corrected chi connectivity index (χ1v) is 8.43. The molecular formula is C16H30N4. The van der Waals surface area contributed by atoms with Crippen molar-refractivity contribution in [3.63, 3.8) is 0 Å². The maximum Gasteiger partial charge on any atom is 0.193 e. The lowest BCUT2D eigenvalue weighted by atomic mass is 9.68. The van der Waals surface area contributed by atoms with Crippen LogP contribution in [0.3, 0.4) is 0 Å². The predicted molar refractivity (Wildman–Crippen MR) is 84.1 cm³/mol. The Hall–Kier alpha value is -0.770. The third-order valence-electron chi connectivity index (χ3n) is 5.73. The van der Waals surface area contributed by atoms with Crippen LogP contribution in [0.25, 0.3) is 0 Å². The summed E-state index contributed by atoms with van der Waals surface area (Å²) in [5, 5.41) is 3.63. The lowest BCUT2D eigenvalue weighted by molar-refractivity contribution is 0.151. The van der Waals surface area contributed by atoms with Crippen LogP contribution >= 0.6 is 0 Å². The summed E-state index contributed by atoms with van der Waals surface area (Å²) in [6, 6.07) is 0. The fourth-order valence-electron chi connectivity index (χ4n) is 4.14. The molecule has 1 N–H and O–H groups in total. The van der Waals surface area contributed by atoms with E-state index in [-0.39, 0.29) is 0 Å². The van der Waals surface area contributed by atoms with Crippen molar-refractivity contribution >= 4 is 5.96 Å². The Kier molecular flexibility index (Phi) is 4.20. The van der Waals surface area contributed by atoms with Gasteiger partial charge >= 0.3 is 0 Å². The van der Waals surface area contributed by atoms with Gasteiger partial charge in [-0.2, -0.15) is 0 Å². The molecule has 3 fully saturated rings. The molecule has 2 saturated heterocycles. The van der Waals surface area contributed by atoms with E-state index in [1.165, 1.54) is 64.8 Å². The van der Waals surface area contributed by atoms with Gasteiger partial charge < -0.3 is 15.1 Å². The molecule has 0 aromatic heterocycles. The number of hydrogen-bond acceptors (Lipinski definition) is 2. The molecule has 1 atom stereocenters. The number of aliphatic imine (C=N–C) groups is 1. The molecule has 0 bridgehead atoms. The molecule has 4 heteroatoms. The van der Waals surface area contributed by atoms with E-state index < -0.39 is 0 Å². The van der Waals surface area contributed by atoms with Crippen LogP contribution in [0.4, 0.5) is 0 Å². The molecule has 0 aromatic carbocycles.